The third-order valence-corrected chi connectivity index (χ3v) is 1.63. The van der Waals surface area contributed by atoms with Crippen molar-refractivity contribution in [3.8, 4) is 0 Å². The Bertz CT molecular complexity index is 358. The van der Waals surface area contributed by atoms with Gasteiger partial charge in [0.2, 0.25) is 0 Å². The van der Waals surface area contributed by atoms with Gasteiger partial charge in [-0.2, -0.15) is 0 Å². The van der Waals surface area contributed by atoms with Gasteiger partial charge in [-0.3, -0.25) is 4.79 Å². The summed E-state index contributed by atoms with van der Waals surface area (Å²) >= 11 is 0. The molecule has 0 atom stereocenters. The third-order valence-electron chi connectivity index (χ3n) is 1.63. The molecule has 1 heterocycles. The average Bonchev–Trinajstić information content (AvgIpc) is 2.17. The minimum absolute atomic E-state index is 0.104. The molecule has 0 aliphatic carbocycles. The van der Waals surface area contributed by atoms with Gasteiger partial charge in [0.05, 0.1) is 5.69 Å². The maximum absolute atomic E-state index is 10.9. The molecule has 0 saturated carbocycles. The second-order valence-corrected chi connectivity index (χ2v) is 2.65. The van der Waals surface area contributed by atoms with Crippen LogP contribution in [0.1, 0.15) is 30.0 Å². The molecule has 0 amide bonds. The lowest BCUT2D eigenvalue weighted by Gasteiger charge is -1.99. The Balaban J connectivity index is 3.13. The van der Waals surface area contributed by atoms with E-state index in [1.807, 2.05) is 0 Å². The molecular weight excluding hydrogens is 168 g/mol. The molecule has 0 aliphatic heterocycles. The van der Waals surface area contributed by atoms with Crippen LogP contribution in [0.5, 0.6) is 0 Å². The fraction of sp³-hybridized carbons (Fsp3) is 0.222. The van der Waals surface area contributed by atoms with Crippen LogP contribution >= 0.6 is 0 Å². The van der Waals surface area contributed by atoms with Crippen molar-refractivity contribution in [2.45, 2.75) is 13.8 Å². The maximum Gasteiger partial charge on any atom is 0.178 e. The van der Waals surface area contributed by atoms with E-state index in [9.17, 15) is 4.79 Å². The highest BCUT2D eigenvalue weighted by molar-refractivity contribution is 5.98. The van der Waals surface area contributed by atoms with E-state index < -0.39 is 0 Å². The predicted octanol–water partition coefficient (Wildman–Crippen LogP) is 1.48. The summed E-state index contributed by atoms with van der Waals surface area (Å²) in [6, 6.07) is 5.01. The zero-order valence-corrected chi connectivity index (χ0v) is 7.48. The van der Waals surface area contributed by atoms with Crippen LogP contribution in [0.3, 0.4) is 0 Å². The van der Waals surface area contributed by atoms with Crippen molar-refractivity contribution in [1.82, 2.24) is 4.98 Å². The van der Waals surface area contributed by atoms with E-state index in [1.54, 1.807) is 25.1 Å². The molecule has 0 aromatic carbocycles. The first-order valence-corrected chi connectivity index (χ1v) is 3.82. The summed E-state index contributed by atoms with van der Waals surface area (Å²) in [7, 11) is 0. The molecule has 0 bridgehead atoms. The molecule has 4 heteroatoms. The van der Waals surface area contributed by atoms with Gasteiger partial charge in [0, 0.05) is 6.92 Å². The van der Waals surface area contributed by atoms with Crippen molar-refractivity contribution in [1.29, 1.82) is 0 Å². The summed E-state index contributed by atoms with van der Waals surface area (Å²) in [5.74, 6) is -0.104. The number of rotatable bonds is 2. The Kier molecular flexibility index (Phi) is 2.74. The Morgan fingerprint density at radius 2 is 2.00 bits per heavy atom. The Morgan fingerprint density at radius 1 is 1.38 bits per heavy atom. The van der Waals surface area contributed by atoms with E-state index >= 15 is 0 Å². The number of pyridine rings is 1. The van der Waals surface area contributed by atoms with Crippen molar-refractivity contribution in [2.24, 2.45) is 5.16 Å². The molecule has 0 fully saturated rings. The highest BCUT2D eigenvalue weighted by Gasteiger charge is 2.04. The zero-order valence-electron chi connectivity index (χ0n) is 7.48. The number of oxime groups is 1. The molecular formula is C9H10N2O2. The lowest BCUT2D eigenvalue weighted by atomic mass is 10.2. The lowest BCUT2D eigenvalue weighted by Crippen LogP contribution is -2.03. The van der Waals surface area contributed by atoms with E-state index in [2.05, 4.69) is 10.1 Å². The number of aromatic nitrogens is 1. The fourth-order valence-corrected chi connectivity index (χ4v) is 0.884. The van der Waals surface area contributed by atoms with Crippen molar-refractivity contribution in [3.63, 3.8) is 0 Å². The summed E-state index contributed by atoms with van der Waals surface area (Å²) < 4.78 is 0. The van der Waals surface area contributed by atoms with Gasteiger partial charge in [-0.25, -0.2) is 4.98 Å². The highest BCUT2D eigenvalue weighted by atomic mass is 16.4. The fourth-order valence-electron chi connectivity index (χ4n) is 0.884. The van der Waals surface area contributed by atoms with Crippen LogP contribution in [-0.4, -0.2) is 21.7 Å². The summed E-state index contributed by atoms with van der Waals surface area (Å²) in [5.41, 5.74) is 1.28. The average molecular weight is 178 g/mol. The molecule has 0 aliphatic rings. The monoisotopic (exact) mass is 178 g/mol. The van der Waals surface area contributed by atoms with E-state index in [0.29, 0.717) is 17.1 Å². The number of carbonyl (C=O) groups is 1. The molecule has 13 heavy (non-hydrogen) atoms. The highest BCUT2D eigenvalue weighted by Crippen LogP contribution is 2.01. The van der Waals surface area contributed by atoms with Gasteiger partial charge in [-0.15, -0.1) is 0 Å². The molecule has 68 valence electrons. The summed E-state index contributed by atoms with van der Waals surface area (Å²) in [4.78, 5) is 14.9. The van der Waals surface area contributed by atoms with E-state index in [4.69, 9.17) is 5.21 Å². The maximum atomic E-state index is 10.9. The molecule has 4 nitrogen and oxygen atoms in total. The van der Waals surface area contributed by atoms with Gasteiger partial charge in [0.25, 0.3) is 0 Å². The van der Waals surface area contributed by atoms with Crippen LogP contribution in [0.4, 0.5) is 0 Å². The van der Waals surface area contributed by atoms with Crippen LogP contribution in [0.15, 0.2) is 23.4 Å². The van der Waals surface area contributed by atoms with Gasteiger partial charge < -0.3 is 5.21 Å². The van der Waals surface area contributed by atoms with E-state index in [0.717, 1.165) is 0 Å². The second-order valence-electron chi connectivity index (χ2n) is 2.65. The molecule has 1 N–H and O–H groups in total. The van der Waals surface area contributed by atoms with Gasteiger partial charge in [-0.05, 0) is 19.1 Å². The van der Waals surface area contributed by atoms with Crippen LogP contribution in [0, 0.1) is 0 Å². The zero-order chi connectivity index (χ0) is 9.84. The van der Waals surface area contributed by atoms with Crippen molar-refractivity contribution in [2.75, 3.05) is 0 Å². The van der Waals surface area contributed by atoms with E-state index in [-0.39, 0.29) is 5.78 Å². The van der Waals surface area contributed by atoms with Gasteiger partial charge >= 0.3 is 0 Å². The topological polar surface area (TPSA) is 62.5 Å². The predicted molar refractivity (Wildman–Crippen MR) is 48.2 cm³/mol. The largest absolute Gasteiger partial charge is 0.411 e. The first kappa shape index (κ1) is 9.38. The third kappa shape index (κ3) is 2.11. The van der Waals surface area contributed by atoms with Crippen LogP contribution < -0.4 is 0 Å². The SMILES string of the molecule is CC(=O)c1cccc(C(C)=NO)n1. The van der Waals surface area contributed by atoms with E-state index in [1.165, 1.54) is 6.92 Å². The first-order chi connectivity index (χ1) is 6.15. The number of hydrogen-bond acceptors (Lipinski definition) is 4. The smallest absolute Gasteiger partial charge is 0.178 e. The molecule has 0 saturated heterocycles. The summed E-state index contributed by atoms with van der Waals surface area (Å²) in [5, 5.41) is 11.5. The lowest BCUT2D eigenvalue weighted by molar-refractivity contribution is 0.101. The second kappa shape index (κ2) is 3.80. The van der Waals surface area contributed by atoms with Gasteiger partial charge in [-0.1, -0.05) is 11.2 Å². The van der Waals surface area contributed by atoms with Crippen LogP contribution in [-0.2, 0) is 0 Å². The van der Waals surface area contributed by atoms with Gasteiger partial charge in [0.1, 0.15) is 11.4 Å². The summed E-state index contributed by atoms with van der Waals surface area (Å²) in [6.45, 7) is 3.06. The minimum Gasteiger partial charge on any atom is -0.411 e. The number of ketones is 1. The molecule has 1 rings (SSSR count). The normalized spacial score (nSPS) is 11.4. The van der Waals surface area contributed by atoms with Crippen LogP contribution in [0.25, 0.3) is 0 Å². The van der Waals surface area contributed by atoms with Crippen LogP contribution in [0.2, 0.25) is 0 Å². The summed E-state index contributed by atoms with van der Waals surface area (Å²) in [6.07, 6.45) is 0. The molecule has 0 unspecified atom stereocenters. The van der Waals surface area contributed by atoms with Crippen molar-refractivity contribution < 1.29 is 10.0 Å². The quantitative estimate of drug-likeness (QED) is 0.323. The minimum atomic E-state index is -0.104. The Morgan fingerprint density at radius 3 is 2.54 bits per heavy atom. The first-order valence-electron chi connectivity index (χ1n) is 3.82. The molecule has 0 radical (unpaired) electrons. The van der Waals surface area contributed by atoms with Gasteiger partial charge in [0.15, 0.2) is 5.78 Å². The Hall–Kier alpha value is -1.71. The molecule has 0 spiro atoms. The molecule has 1 aromatic heterocycles. The number of Topliss-reactive ketones (excluding diaryl/α,β-unsaturated/α-hetero) is 1. The molecule has 1 aromatic rings. The van der Waals surface area contributed by atoms with Crippen molar-refractivity contribution in [3.05, 3.63) is 29.6 Å². The standard InChI is InChI=1S/C9H10N2O2/c1-6(11-13)8-4-3-5-9(10-8)7(2)12/h3-5,13H,1-2H3. The number of carbonyl (C=O) groups excluding carboxylic acids is 1. The number of hydrogen-bond donors (Lipinski definition) is 1. The Labute approximate surface area is 75.9 Å². The number of nitrogens with zero attached hydrogens (tertiary/aromatic N) is 2. The van der Waals surface area contributed by atoms with Crippen molar-refractivity contribution >= 4 is 11.5 Å².